The average molecular weight is 287 g/mol. The predicted molar refractivity (Wildman–Crippen MR) is 75.0 cm³/mol. The summed E-state index contributed by atoms with van der Waals surface area (Å²) < 4.78 is 0. The van der Waals surface area contributed by atoms with E-state index >= 15 is 0 Å². The zero-order valence-electron chi connectivity index (χ0n) is 11.7. The fourth-order valence-corrected chi connectivity index (χ4v) is 2.90. The fraction of sp³-hybridized carbons (Fsp3) is 0.438. The van der Waals surface area contributed by atoms with Crippen molar-refractivity contribution in [2.24, 2.45) is 5.41 Å². The van der Waals surface area contributed by atoms with Gasteiger partial charge in [0, 0.05) is 6.54 Å². The van der Waals surface area contributed by atoms with E-state index in [2.05, 4.69) is 0 Å². The molecule has 0 bridgehead atoms. The summed E-state index contributed by atoms with van der Waals surface area (Å²) in [5.41, 5.74) is 0.403. The minimum atomic E-state index is -0.719. The number of unbranched alkanes of at least 4 members (excludes halogenated alkanes) is 1. The summed E-state index contributed by atoms with van der Waals surface area (Å²) in [5.74, 6) is -1.20. The third kappa shape index (κ3) is 2.33. The summed E-state index contributed by atoms with van der Waals surface area (Å²) in [6.45, 7) is 0.363. The number of carbonyl (C=O) groups is 3. The van der Waals surface area contributed by atoms with Crippen LogP contribution in [0.2, 0.25) is 0 Å². The molecule has 2 aliphatic rings. The van der Waals surface area contributed by atoms with Crippen molar-refractivity contribution in [3.63, 3.8) is 0 Å². The highest BCUT2D eigenvalue weighted by Gasteiger charge is 2.49. The number of carbonyl (C=O) groups excluding carboxylic acids is 2. The maximum Gasteiger partial charge on any atom is 0.309 e. The first-order chi connectivity index (χ1) is 10.1. The molecule has 1 heterocycles. The molecule has 1 fully saturated rings. The molecule has 3 rings (SSSR count). The van der Waals surface area contributed by atoms with Crippen molar-refractivity contribution in [2.75, 3.05) is 6.54 Å². The van der Waals surface area contributed by atoms with Crippen molar-refractivity contribution in [2.45, 2.75) is 32.1 Å². The topological polar surface area (TPSA) is 74.7 Å². The number of benzene rings is 1. The van der Waals surface area contributed by atoms with E-state index in [4.69, 9.17) is 5.11 Å². The Morgan fingerprint density at radius 3 is 2.14 bits per heavy atom. The molecular formula is C16H17NO4. The molecule has 1 N–H and O–H groups in total. The minimum Gasteiger partial charge on any atom is -0.481 e. The molecule has 5 nitrogen and oxygen atoms in total. The SMILES string of the molecule is O=C1c2ccccc2C(=O)N1CCCCC1(C(=O)O)CC1. The lowest BCUT2D eigenvalue weighted by molar-refractivity contribution is -0.143. The van der Waals surface area contributed by atoms with Crippen molar-refractivity contribution < 1.29 is 19.5 Å². The number of hydrogen-bond acceptors (Lipinski definition) is 3. The Hall–Kier alpha value is -2.17. The fourth-order valence-electron chi connectivity index (χ4n) is 2.90. The molecule has 110 valence electrons. The highest BCUT2D eigenvalue weighted by atomic mass is 16.4. The van der Waals surface area contributed by atoms with E-state index in [-0.39, 0.29) is 11.8 Å². The molecule has 1 aromatic carbocycles. The zero-order valence-corrected chi connectivity index (χ0v) is 11.7. The first-order valence-corrected chi connectivity index (χ1v) is 7.24. The van der Waals surface area contributed by atoms with Gasteiger partial charge in [-0.1, -0.05) is 18.6 Å². The Balaban J connectivity index is 1.54. The van der Waals surface area contributed by atoms with E-state index in [1.807, 2.05) is 0 Å². The van der Waals surface area contributed by atoms with Gasteiger partial charge in [0.25, 0.3) is 11.8 Å². The van der Waals surface area contributed by atoms with E-state index in [1.54, 1.807) is 24.3 Å². The van der Waals surface area contributed by atoms with Crippen LogP contribution in [0.4, 0.5) is 0 Å². The van der Waals surface area contributed by atoms with Crippen LogP contribution < -0.4 is 0 Å². The van der Waals surface area contributed by atoms with Gasteiger partial charge in [0.1, 0.15) is 0 Å². The summed E-state index contributed by atoms with van der Waals surface area (Å²) in [4.78, 5) is 36.6. The molecule has 0 spiro atoms. The number of rotatable bonds is 6. The number of carboxylic acid groups (broad SMARTS) is 1. The maximum absolute atomic E-state index is 12.1. The van der Waals surface area contributed by atoms with Gasteiger partial charge in [-0.2, -0.15) is 0 Å². The van der Waals surface area contributed by atoms with Crippen LogP contribution in [-0.4, -0.2) is 34.3 Å². The zero-order chi connectivity index (χ0) is 15.0. The van der Waals surface area contributed by atoms with Crippen molar-refractivity contribution in [1.82, 2.24) is 4.90 Å². The van der Waals surface area contributed by atoms with E-state index in [0.29, 0.717) is 30.5 Å². The van der Waals surface area contributed by atoms with Gasteiger partial charge < -0.3 is 5.11 Å². The number of aliphatic carboxylic acids is 1. The number of nitrogens with zero attached hydrogens (tertiary/aromatic N) is 1. The molecule has 2 amide bonds. The lowest BCUT2D eigenvalue weighted by Gasteiger charge is -2.14. The molecule has 5 heteroatoms. The lowest BCUT2D eigenvalue weighted by atomic mass is 9.99. The Kier molecular flexibility index (Phi) is 3.27. The summed E-state index contributed by atoms with van der Waals surface area (Å²) in [5, 5.41) is 9.10. The second-order valence-electron chi connectivity index (χ2n) is 5.85. The molecule has 0 radical (unpaired) electrons. The summed E-state index contributed by atoms with van der Waals surface area (Å²) in [6.07, 6.45) is 3.50. The monoisotopic (exact) mass is 287 g/mol. The van der Waals surface area contributed by atoms with Crippen LogP contribution in [0.25, 0.3) is 0 Å². The van der Waals surface area contributed by atoms with Crippen LogP contribution in [0.1, 0.15) is 52.8 Å². The quantitative estimate of drug-likeness (QED) is 0.643. The standard InChI is InChI=1S/C16H17NO4/c18-13-11-5-1-2-6-12(11)14(19)17(13)10-4-3-7-16(8-9-16)15(20)21/h1-2,5-6H,3-4,7-10H2,(H,20,21). The van der Waals surface area contributed by atoms with E-state index in [0.717, 1.165) is 19.3 Å². The Morgan fingerprint density at radius 2 is 1.67 bits per heavy atom. The highest BCUT2D eigenvalue weighted by Crippen LogP contribution is 2.50. The molecular weight excluding hydrogens is 270 g/mol. The number of imide groups is 1. The van der Waals surface area contributed by atoms with Gasteiger partial charge in [-0.3, -0.25) is 19.3 Å². The van der Waals surface area contributed by atoms with E-state index in [9.17, 15) is 14.4 Å². The van der Waals surface area contributed by atoms with Crippen molar-refractivity contribution >= 4 is 17.8 Å². The number of amides is 2. The average Bonchev–Trinajstić information content (AvgIpc) is 3.23. The summed E-state index contributed by atoms with van der Waals surface area (Å²) >= 11 is 0. The second-order valence-corrected chi connectivity index (χ2v) is 5.85. The lowest BCUT2D eigenvalue weighted by Crippen LogP contribution is -2.30. The number of fused-ring (bicyclic) bond motifs is 1. The predicted octanol–water partition coefficient (Wildman–Crippen LogP) is 2.32. The van der Waals surface area contributed by atoms with Crippen molar-refractivity contribution in [3.8, 4) is 0 Å². The molecule has 0 aromatic heterocycles. The van der Waals surface area contributed by atoms with E-state index < -0.39 is 11.4 Å². The largest absolute Gasteiger partial charge is 0.481 e. The van der Waals surface area contributed by atoms with Crippen LogP contribution in [0.3, 0.4) is 0 Å². The third-order valence-electron chi connectivity index (χ3n) is 4.47. The van der Waals surface area contributed by atoms with Crippen LogP contribution >= 0.6 is 0 Å². The van der Waals surface area contributed by atoms with Crippen LogP contribution in [0, 0.1) is 5.41 Å². The third-order valence-corrected chi connectivity index (χ3v) is 4.47. The van der Waals surface area contributed by atoms with Gasteiger partial charge in [0.15, 0.2) is 0 Å². The maximum atomic E-state index is 12.1. The van der Waals surface area contributed by atoms with Crippen molar-refractivity contribution in [3.05, 3.63) is 35.4 Å². The molecule has 1 saturated carbocycles. The molecule has 1 aliphatic carbocycles. The highest BCUT2D eigenvalue weighted by molar-refractivity contribution is 6.21. The summed E-state index contributed by atoms with van der Waals surface area (Å²) in [6, 6.07) is 6.83. The first-order valence-electron chi connectivity index (χ1n) is 7.24. The molecule has 21 heavy (non-hydrogen) atoms. The van der Waals surface area contributed by atoms with Gasteiger partial charge in [-0.15, -0.1) is 0 Å². The van der Waals surface area contributed by atoms with Gasteiger partial charge in [-0.05, 0) is 37.8 Å². The van der Waals surface area contributed by atoms with Crippen LogP contribution in [0.5, 0.6) is 0 Å². The van der Waals surface area contributed by atoms with Gasteiger partial charge in [-0.25, -0.2) is 0 Å². The van der Waals surface area contributed by atoms with Gasteiger partial charge >= 0.3 is 5.97 Å². The summed E-state index contributed by atoms with van der Waals surface area (Å²) in [7, 11) is 0. The second kappa shape index (κ2) is 4.98. The Bertz CT molecular complexity index is 583. The molecule has 0 unspecified atom stereocenters. The molecule has 0 saturated heterocycles. The normalized spacial score (nSPS) is 18.8. The van der Waals surface area contributed by atoms with E-state index in [1.165, 1.54) is 4.90 Å². The van der Waals surface area contributed by atoms with Gasteiger partial charge in [0.2, 0.25) is 0 Å². The Morgan fingerprint density at radius 1 is 1.10 bits per heavy atom. The Labute approximate surface area is 122 Å². The number of hydrogen-bond donors (Lipinski definition) is 1. The molecule has 1 aromatic rings. The van der Waals surface area contributed by atoms with Crippen molar-refractivity contribution in [1.29, 1.82) is 0 Å². The minimum absolute atomic E-state index is 0.241. The molecule has 0 atom stereocenters. The van der Waals surface area contributed by atoms with Gasteiger partial charge in [0.05, 0.1) is 16.5 Å². The smallest absolute Gasteiger partial charge is 0.309 e. The first kappa shape index (κ1) is 13.8. The van der Waals surface area contributed by atoms with Crippen LogP contribution in [-0.2, 0) is 4.79 Å². The number of carboxylic acids is 1. The van der Waals surface area contributed by atoms with Crippen LogP contribution in [0.15, 0.2) is 24.3 Å². The molecule has 1 aliphatic heterocycles.